The molecule has 0 aromatic heterocycles. The van der Waals surface area contributed by atoms with Gasteiger partial charge in [-0.1, -0.05) is 46.9 Å². The third-order valence-corrected chi connectivity index (χ3v) is 5.27. The summed E-state index contributed by atoms with van der Waals surface area (Å²) in [7, 11) is 0. The SMILES string of the molecule is CCC1CCC(C#N)(Cc2ccc(Br)cc2Cl)CC1. The Morgan fingerprint density at radius 2 is 2.11 bits per heavy atom. The molecule has 2 rings (SSSR count). The number of halogens is 2. The molecule has 0 heterocycles. The fraction of sp³-hybridized carbons (Fsp3) is 0.562. The molecule has 0 spiro atoms. The molecule has 1 saturated carbocycles. The molecule has 0 aliphatic heterocycles. The molecule has 3 heteroatoms. The lowest BCUT2D eigenvalue weighted by atomic mass is 9.68. The van der Waals surface area contributed by atoms with Gasteiger partial charge in [0.05, 0.1) is 11.5 Å². The second-order valence-corrected chi connectivity index (χ2v) is 6.98. The highest BCUT2D eigenvalue weighted by Crippen LogP contribution is 2.43. The molecular weight excluding hydrogens is 322 g/mol. The van der Waals surface area contributed by atoms with Crippen molar-refractivity contribution in [3.05, 3.63) is 33.3 Å². The summed E-state index contributed by atoms with van der Waals surface area (Å²) in [4.78, 5) is 0. The maximum absolute atomic E-state index is 9.60. The van der Waals surface area contributed by atoms with Crippen LogP contribution < -0.4 is 0 Å². The van der Waals surface area contributed by atoms with Crippen LogP contribution in [0.5, 0.6) is 0 Å². The molecular formula is C16H19BrClN. The lowest BCUT2D eigenvalue weighted by Gasteiger charge is -2.35. The molecule has 1 aliphatic rings. The van der Waals surface area contributed by atoms with Crippen molar-refractivity contribution in [1.82, 2.24) is 0 Å². The number of benzene rings is 1. The minimum absolute atomic E-state index is 0.205. The summed E-state index contributed by atoms with van der Waals surface area (Å²) < 4.78 is 0.988. The third-order valence-electron chi connectivity index (χ3n) is 4.42. The van der Waals surface area contributed by atoms with Crippen LogP contribution in [0.3, 0.4) is 0 Å². The van der Waals surface area contributed by atoms with Crippen molar-refractivity contribution < 1.29 is 0 Å². The fourth-order valence-corrected chi connectivity index (χ4v) is 3.74. The van der Waals surface area contributed by atoms with Gasteiger partial charge in [0.1, 0.15) is 0 Å². The molecule has 0 amide bonds. The van der Waals surface area contributed by atoms with Crippen molar-refractivity contribution in [2.75, 3.05) is 0 Å². The minimum atomic E-state index is -0.205. The highest BCUT2D eigenvalue weighted by Gasteiger charge is 2.35. The summed E-state index contributed by atoms with van der Waals surface area (Å²) in [6.07, 6.45) is 6.39. The first-order valence-electron chi connectivity index (χ1n) is 6.94. The van der Waals surface area contributed by atoms with Crippen molar-refractivity contribution in [3.8, 4) is 6.07 Å². The molecule has 19 heavy (non-hydrogen) atoms. The second kappa shape index (κ2) is 6.29. The van der Waals surface area contributed by atoms with Crippen LogP contribution in [0.4, 0.5) is 0 Å². The van der Waals surface area contributed by atoms with Crippen LogP contribution in [0, 0.1) is 22.7 Å². The van der Waals surface area contributed by atoms with Gasteiger partial charge in [-0.25, -0.2) is 0 Å². The van der Waals surface area contributed by atoms with Gasteiger partial charge in [0, 0.05) is 9.50 Å². The molecule has 0 radical (unpaired) electrons. The summed E-state index contributed by atoms with van der Waals surface area (Å²) in [6.45, 7) is 2.25. The van der Waals surface area contributed by atoms with Gasteiger partial charge >= 0.3 is 0 Å². The van der Waals surface area contributed by atoms with E-state index in [2.05, 4.69) is 28.9 Å². The van der Waals surface area contributed by atoms with E-state index in [4.69, 9.17) is 11.6 Å². The summed E-state index contributed by atoms with van der Waals surface area (Å²) in [5.74, 6) is 0.807. The van der Waals surface area contributed by atoms with Gasteiger partial charge in [-0.15, -0.1) is 0 Å². The van der Waals surface area contributed by atoms with Crippen LogP contribution in [0.1, 0.15) is 44.6 Å². The van der Waals surface area contributed by atoms with Crippen LogP contribution in [-0.2, 0) is 6.42 Å². The lowest BCUT2D eigenvalue weighted by molar-refractivity contribution is 0.205. The van der Waals surface area contributed by atoms with Crippen LogP contribution in [0.2, 0.25) is 5.02 Å². The van der Waals surface area contributed by atoms with Gasteiger partial charge in [-0.2, -0.15) is 5.26 Å². The van der Waals surface area contributed by atoms with Gasteiger partial charge in [0.2, 0.25) is 0 Å². The summed E-state index contributed by atoms with van der Waals surface area (Å²) in [5, 5.41) is 10.4. The van der Waals surface area contributed by atoms with Gasteiger partial charge in [0.15, 0.2) is 0 Å². The monoisotopic (exact) mass is 339 g/mol. The Hall–Kier alpha value is -0.520. The van der Waals surface area contributed by atoms with Crippen LogP contribution in [0.25, 0.3) is 0 Å². The number of nitriles is 1. The first-order chi connectivity index (χ1) is 9.08. The van der Waals surface area contributed by atoms with Crippen LogP contribution in [-0.4, -0.2) is 0 Å². The number of nitrogens with zero attached hydrogens (tertiary/aromatic N) is 1. The zero-order valence-electron chi connectivity index (χ0n) is 11.3. The molecule has 0 N–H and O–H groups in total. The van der Waals surface area contributed by atoms with E-state index < -0.39 is 0 Å². The molecule has 0 bridgehead atoms. The van der Waals surface area contributed by atoms with Crippen molar-refractivity contribution in [3.63, 3.8) is 0 Å². The van der Waals surface area contributed by atoms with Crippen LogP contribution >= 0.6 is 27.5 Å². The molecule has 1 fully saturated rings. The van der Waals surface area contributed by atoms with E-state index in [0.29, 0.717) is 0 Å². The largest absolute Gasteiger partial charge is 0.198 e. The summed E-state index contributed by atoms with van der Waals surface area (Å²) >= 11 is 9.70. The van der Waals surface area contributed by atoms with E-state index >= 15 is 0 Å². The Balaban J connectivity index is 2.13. The third kappa shape index (κ3) is 3.52. The van der Waals surface area contributed by atoms with Gasteiger partial charge in [-0.05, 0) is 55.7 Å². The topological polar surface area (TPSA) is 23.8 Å². The zero-order chi connectivity index (χ0) is 13.9. The predicted molar refractivity (Wildman–Crippen MR) is 83.2 cm³/mol. The van der Waals surface area contributed by atoms with Crippen molar-refractivity contribution in [1.29, 1.82) is 5.26 Å². The molecule has 1 aliphatic carbocycles. The smallest absolute Gasteiger partial charge is 0.0693 e. The molecule has 102 valence electrons. The molecule has 1 nitrogen and oxygen atoms in total. The van der Waals surface area contributed by atoms with Crippen molar-refractivity contribution in [2.24, 2.45) is 11.3 Å². The Kier molecular flexibility index (Phi) is 4.92. The Morgan fingerprint density at radius 3 is 2.63 bits per heavy atom. The quantitative estimate of drug-likeness (QED) is 0.686. The van der Waals surface area contributed by atoms with E-state index in [1.807, 2.05) is 18.2 Å². The lowest BCUT2D eigenvalue weighted by Crippen LogP contribution is -2.28. The maximum Gasteiger partial charge on any atom is 0.0693 e. The van der Waals surface area contributed by atoms with Crippen molar-refractivity contribution in [2.45, 2.75) is 45.4 Å². The average molecular weight is 341 g/mol. The van der Waals surface area contributed by atoms with E-state index in [0.717, 1.165) is 40.2 Å². The first-order valence-corrected chi connectivity index (χ1v) is 8.11. The first kappa shape index (κ1) is 14.9. The summed E-state index contributed by atoms with van der Waals surface area (Å²) in [5.41, 5.74) is 0.893. The normalized spacial score (nSPS) is 26.9. The molecule has 1 aromatic carbocycles. The van der Waals surface area contributed by atoms with Gasteiger partial charge in [0.25, 0.3) is 0 Å². The Bertz CT molecular complexity index is 484. The van der Waals surface area contributed by atoms with Crippen molar-refractivity contribution >= 4 is 27.5 Å². The van der Waals surface area contributed by atoms with E-state index in [-0.39, 0.29) is 5.41 Å². The molecule has 0 atom stereocenters. The number of hydrogen-bond acceptors (Lipinski definition) is 1. The summed E-state index contributed by atoms with van der Waals surface area (Å²) in [6, 6.07) is 8.54. The fourth-order valence-electron chi connectivity index (χ4n) is 3.00. The number of hydrogen-bond donors (Lipinski definition) is 0. The molecule has 1 aromatic rings. The Morgan fingerprint density at radius 1 is 1.42 bits per heavy atom. The van der Waals surface area contributed by atoms with Gasteiger partial charge < -0.3 is 0 Å². The van der Waals surface area contributed by atoms with E-state index in [1.165, 1.54) is 19.3 Å². The van der Waals surface area contributed by atoms with Crippen LogP contribution in [0.15, 0.2) is 22.7 Å². The molecule has 0 unspecified atom stereocenters. The second-order valence-electron chi connectivity index (χ2n) is 5.66. The van der Waals surface area contributed by atoms with E-state index in [9.17, 15) is 5.26 Å². The average Bonchev–Trinajstić information content (AvgIpc) is 2.43. The Labute approximate surface area is 129 Å². The zero-order valence-corrected chi connectivity index (χ0v) is 13.6. The highest BCUT2D eigenvalue weighted by atomic mass is 79.9. The molecule has 0 saturated heterocycles. The van der Waals surface area contributed by atoms with Gasteiger partial charge in [-0.3, -0.25) is 0 Å². The standard InChI is InChI=1S/C16H19BrClN/c1-2-12-5-7-16(11-19,8-6-12)10-13-3-4-14(17)9-15(13)18/h3-4,9,12H,2,5-8,10H2,1H3. The highest BCUT2D eigenvalue weighted by molar-refractivity contribution is 9.10. The maximum atomic E-state index is 9.60. The number of rotatable bonds is 3. The van der Waals surface area contributed by atoms with E-state index in [1.54, 1.807) is 0 Å². The predicted octanol–water partition coefficient (Wildman–Crippen LogP) is 5.76. The minimum Gasteiger partial charge on any atom is -0.198 e.